The van der Waals surface area contributed by atoms with Gasteiger partial charge in [0.05, 0.1) is 40.5 Å². The number of hydrogen-bond acceptors (Lipinski definition) is 8. The highest BCUT2D eigenvalue weighted by Crippen LogP contribution is 2.15. The summed E-state index contributed by atoms with van der Waals surface area (Å²) in [5.74, 6) is -2.78. The van der Waals surface area contributed by atoms with Crippen molar-refractivity contribution in [2.45, 2.75) is 115 Å². The van der Waals surface area contributed by atoms with Gasteiger partial charge in [-0.25, -0.2) is 19.2 Å². The maximum Gasteiger partial charge on any atom is 0.338 e. The molecule has 2 N–H and O–H groups in total. The fourth-order valence-electron chi connectivity index (χ4n) is 3.65. The number of carbonyl (C=O) groups excluding carboxylic acids is 2. The van der Waals surface area contributed by atoms with E-state index in [1.807, 2.05) is 73.6 Å². The van der Waals surface area contributed by atoms with Crippen molar-refractivity contribution in [2.24, 2.45) is 0 Å². The zero-order valence-electron chi connectivity index (χ0n) is 32.8. The molecule has 0 heterocycles. The standard InChI is InChI=1S/C22H29NO5.2C8H8O2.2C2H6.CH4/c1-7-19(14-26-21(25)17-10-8-15(2)9-11-17)27-16(3)18(13-23)12-20(24)28-22(4,5)6;2*1-6-2-4-7(5-3-6)8(9)10;2*1-2;/h8-12,16,19H,7,14H2,1-6H3;2*2-5H,1H3,(H,9,10);2*1-2H3;1H4/b18-12+;;;;;/t16-,19+;;;;;/m1...../s1. The van der Waals surface area contributed by atoms with Gasteiger partial charge in [0.2, 0.25) is 0 Å². The Bertz CT molecular complexity index is 1510. The number of nitriles is 1. The second-order valence-electron chi connectivity index (χ2n) is 11.9. The van der Waals surface area contributed by atoms with Crippen molar-refractivity contribution in [3.05, 3.63) is 118 Å². The lowest BCUT2D eigenvalue weighted by Gasteiger charge is -2.22. The van der Waals surface area contributed by atoms with Crippen molar-refractivity contribution >= 4 is 23.9 Å². The lowest BCUT2D eigenvalue weighted by atomic mass is 10.1. The van der Waals surface area contributed by atoms with Gasteiger partial charge < -0.3 is 24.4 Å². The van der Waals surface area contributed by atoms with Gasteiger partial charge in [0.15, 0.2) is 0 Å². The molecule has 0 radical (unpaired) electrons. The maximum absolute atomic E-state index is 12.1. The van der Waals surface area contributed by atoms with E-state index in [0.29, 0.717) is 23.1 Å². The molecule has 0 fully saturated rings. The largest absolute Gasteiger partial charge is 0.478 e. The number of nitrogens with zero attached hydrogens (tertiary/aromatic N) is 1. The summed E-state index contributed by atoms with van der Waals surface area (Å²) < 4.78 is 16.3. The molecule has 53 heavy (non-hydrogen) atoms. The van der Waals surface area contributed by atoms with Crippen LogP contribution in [0.15, 0.2) is 84.4 Å². The van der Waals surface area contributed by atoms with Gasteiger partial charge in [-0.3, -0.25) is 0 Å². The third-order valence-corrected chi connectivity index (χ3v) is 6.38. The van der Waals surface area contributed by atoms with E-state index in [1.165, 1.54) is 0 Å². The predicted molar refractivity (Wildman–Crippen MR) is 211 cm³/mol. The Morgan fingerprint density at radius 2 is 1.09 bits per heavy atom. The first kappa shape index (κ1) is 52.1. The summed E-state index contributed by atoms with van der Waals surface area (Å²) in [6.07, 6.45) is 0.678. The molecule has 0 amide bonds. The van der Waals surface area contributed by atoms with Gasteiger partial charge in [0, 0.05) is 6.08 Å². The zero-order valence-corrected chi connectivity index (χ0v) is 32.8. The number of benzene rings is 3. The van der Waals surface area contributed by atoms with Crippen LogP contribution in [0.3, 0.4) is 0 Å². The first-order chi connectivity index (χ1) is 24.4. The Morgan fingerprint density at radius 3 is 1.40 bits per heavy atom. The monoisotopic (exact) mass is 735 g/mol. The molecule has 0 unspecified atom stereocenters. The highest BCUT2D eigenvalue weighted by Gasteiger charge is 2.21. The fraction of sp³-hybridized carbons (Fsp3) is 0.419. The Kier molecular flexibility index (Phi) is 27.8. The molecule has 0 spiro atoms. The van der Waals surface area contributed by atoms with E-state index in [1.54, 1.807) is 88.4 Å². The maximum atomic E-state index is 12.1. The molecule has 292 valence electrons. The Hall–Kier alpha value is -5.27. The number of aryl methyl sites for hydroxylation is 3. The molecule has 0 bridgehead atoms. The molecule has 3 aromatic rings. The third kappa shape index (κ3) is 23.8. The van der Waals surface area contributed by atoms with Crippen molar-refractivity contribution in [1.82, 2.24) is 0 Å². The van der Waals surface area contributed by atoms with Crippen LogP contribution in [0.25, 0.3) is 0 Å². The molecule has 0 aliphatic rings. The lowest BCUT2D eigenvalue weighted by Crippen LogP contribution is -2.27. The predicted octanol–water partition coefficient (Wildman–Crippen LogP) is 10.2. The van der Waals surface area contributed by atoms with Gasteiger partial charge in [-0.15, -0.1) is 0 Å². The summed E-state index contributed by atoms with van der Waals surface area (Å²) in [5.41, 5.74) is 3.86. The Labute approximate surface area is 317 Å². The van der Waals surface area contributed by atoms with E-state index in [9.17, 15) is 24.4 Å². The average molecular weight is 736 g/mol. The minimum atomic E-state index is -0.875. The SMILES string of the molecule is C.CC.CC.CC[C@@H](COC(=O)c1ccc(C)cc1)O[C@H](C)/C(C#N)=C/C(=O)OC(C)(C)C.Cc1ccc(C(=O)O)cc1.Cc1ccc(C(=O)O)cc1. The van der Waals surface area contributed by atoms with Crippen LogP contribution in [-0.4, -0.2) is 58.5 Å². The van der Waals surface area contributed by atoms with Crippen LogP contribution in [0.1, 0.15) is 124 Å². The number of carbonyl (C=O) groups is 4. The summed E-state index contributed by atoms with van der Waals surface area (Å²) in [7, 11) is 0. The number of aromatic carboxylic acids is 2. The van der Waals surface area contributed by atoms with Crippen LogP contribution in [0, 0.1) is 32.1 Å². The van der Waals surface area contributed by atoms with Crippen molar-refractivity contribution in [1.29, 1.82) is 5.26 Å². The van der Waals surface area contributed by atoms with Crippen molar-refractivity contribution in [3.8, 4) is 6.07 Å². The molecule has 2 atom stereocenters. The van der Waals surface area contributed by atoms with Crippen molar-refractivity contribution in [2.75, 3.05) is 6.61 Å². The van der Waals surface area contributed by atoms with Crippen molar-refractivity contribution in [3.63, 3.8) is 0 Å². The zero-order chi connectivity index (χ0) is 40.4. The van der Waals surface area contributed by atoms with Gasteiger partial charge >= 0.3 is 23.9 Å². The molecule has 10 nitrogen and oxygen atoms in total. The molecule has 3 aromatic carbocycles. The van der Waals surface area contributed by atoms with E-state index in [0.717, 1.165) is 22.8 Å². The van der Waals surface area contributed by atoms with E-state index in [-0.39, 0.29) is 19.6 Å². The van der Waals surface area contributed by atoms with E-state index in [2.05, 4.69) is 0 Å². The molecular weight excluding hydrogens is 674 g/mol. The number of carboxylic acids is 2. The minimum Gasteiger partial charge on any atom is -0.478 e. The van der Waals surface area contributed by atoms with Crippen molar-refractivity contribution < 1.29 is 43.6 Å². The third-order valence-electron chi connectivity index (χ3n) is 6.38. The quantitative estimate of drug-likeness (QED) is 0.116. The van der Waals surface area contributed by atoms with Gasteiger partial charge in [-0.2, -0.15) is 5.26 Å². The summed E-state index contributed by atoms with van der Waals surface area (Å²) in [5, 5.41) is 26.3. The van der Waals surface area contributed by atoms with Crippen LogP contribution >= 0.6 is 0 Å². The lowest BCUT2D eigenvalue weighted by molar-refractivity contribution is -0.148. The van der Waals surface area contributed by atoms with Crippen LogP contribution in [0.2, 0.25) is 0 Å². The van der Waals surface area contributed by atoms with Crippen LogP contribution in [0.5, 0.6) is 0 Å². The normalized spacial score (nSPS) is 11.1. The molecule has 0 saturated heterocycles. The molecular formula is C43H61NO9. The number of hydrogen-bond donors (Lipinski definition) is 2. The second-order valence-corrected chi connectivity index (χ2v) is 11.9. The summed E-state index contributed by atoms with van der Waals surface area (Å²) in [6, 6.07) is 22.6. The highest BCUT2D eigenvalue weighted by molar-refractivity contribution is 5.89. The molecule has 0 aromatic heterocycles. The first-order valence-corrected chi connectivity index (χ1v) is 17.3. The number of rotatable bonds is 10. The molecule has 10 heteroatoms. The second kappa shape index (κ2) is 28.3. The number of esters is 2. The topological polar surface area (TPSA) is 160 Å². The number of ether oxygens (including phenoxy) is 3. The smallest absolute Gasteiger partial charge is 0.338 e. The number of carboxylic acid groups (broad SMARTS) is 2. The van der Waals surface area contributed by atoms with E-state index >= 15 is 0 Å². The molecule has 0 aliphatic heterocycles. The Morgan fingerprint density at radius 1 is 0.736 bits per heavy atom. The Balaban J connectivity index is -0.000000812. The first-order valence-electron chi connectivity index (χ1n) is 17.3. The van der Waals surface area contributed by atoms with Gasteiger partial charge in [-0.05, 0) is 91.3 Å². The van der Waals surface area contributed by atoms with Crippen LogP contribution in [-0.2, 0) is 19.0 Å². The summed E-state index contributed by atoms with van der Waals surface area (Å²) >= 11 is 0. The average Bonchev–Trinajstić information content (AvgIpc) is 3.11. The summed E-state index contributed by atoms with van der Waals surface area (Å²) in [6.45, 7) is 22.6. The van der Waals surface area contributed by atoms with Gasteiger partial charge in [0.1, 0.15) is 12.2 Å². The van der Waals surface area contributed by atoms with E-state index in [4.69, 9.17) is 24.4 Å². The van der Waals surface area contributed by atoms with Crippen LogP contribution < -0.4 is 0 Å². The molecule has 0 aliphatic carbocycles. The molecule has 0 saturated carbocycles. The van der Waals surface area contributed by atoms with Gasteiger partial charge in [-0.1, -0.05) is 95.1 Å². The van der Waals surface area contributed by atoms with E-state index < -0.39 is 41.7 Å². The molecule has 3 rings (SSSR count). The summed E-state index contributed by atoms with van der Waals surface area (Å²) in [4.78, 5) is 44.7. The highest BCUT2D eigenvalue weighted by atomic mass is 16.6. The minimum absolute atomic E-state index is 0. The van der Waals surface area contributed by atoms with Gasteiger partial charge in [0.25, 0.3) is 0 Å². The fourth-order valence-corrected chi connectivity index (χ4v) is 3.65. The van der Waals surface area contributed by atoms with Crippen LogP contribution in [0.4, 0.5) is 0 Å².